The summed E-state index contributed by atoms with van der Waals surface area (Å²) in [4.78, 5) is 28.3. The monoisotopic (exact) mass is 272 g/mol. The molecule has 5 heteroatoms. The summed E-state index contributed by atoms with van der Waals surface area (Å²) in [6.07, 6.45) is 0.797. The Bertz CT molecular complexity index is 715. The number of carbonyl (C=O) groups is 2. The van der Waals surface area contributed by atoms with Crippen LogP contribution in [0.4, 0.5) is 0 Å². The van der Waals surface area contributed by atoms with Crippen LogP contribution in [0.3, 0.4) is 0 Å². The lowest BCUT2D eigenvalue weighted by Gasteiger charge is -2.30. The van der Waals surface area contributed by atoms with Gasteiger partial charge in [0.2, 0.25) is 0 Å². The van der Waals surface area contributed by atoms with Crippen molar-refractivity contribution in [2.75, 3.05) is 6.54 Å². The molecule has 3 rings (SSSR count). The molecule has 104 valence electrons. The van der Waals surface area contributed by atoms with Crippen molar-refractivity contribution in [3.63, 3.8) is 0 Å². The summed E-state index contributed by atoms with van der Waals surface area (Å²) in [5.41, 5.74) is 2.54. The number of rotatable bonds is 2. The fourth-order valence-electron chi connectivity index (χ4n) is 2.80. The van der Waals surface area contributed by atoms with E-state index in [1.54, 1.807) is 18.2 Å². The standard InChI is InChI=1S/C15H16N2O3/c1-8(2)17-6-5-11-10-4-3-9(15(19)20)7-12(10)16-13(11)14(17)18/h3-4,7-8,16H,5-6H2,1-2H3,(H,19,20). The normalized spacial score (nSPS) is 14.9. The number of nitrogens with one attached hydrogen (secondary N) is 1. The molecule has 0 saturated heterocycles. The SMILES string of the molecule is CC(C)N1CCc2c([nH]c3cc(C(=O)O)ccc23)C1=O. The minimum Gasteiger partial charge on any atom is -0.478 e. The van der Waals surface area contributed by atoms with E-state index < -0.39 is 5.97 Å². The number of benzene rings is 1. The number of carboxylic acid groups (broad SMARTS) is 1. The first-order valence-corrected chi connectivity index (χ1v) is 6.68. The van der Waals surface area contributed by atoms with Crippen LogP contribution in [-0.4, -0.2) is 39.5 Å². The van der Waals surface area contributed by atoms with Crippen molar-refractivity contribution in [1.82, 2.24) is 9.88 Å². The number of carbonyl (C=O) groups excluding carboxylic acids is 1. The van der Waals surface area contributed by atoms with Crippen LogP contribution in [0.2, 0.25) is 0 Å². The second-order valence-corrected chi connectivity index (χ2v) is 5.39. The number of fused-ring (bicyclic) bond motifs is 3. The zero-order valence-electron chi connectivity index (χ0n) is 11.4. The third kappa shape index (κ3) is 1.78. The van der Waals surface area contributed by atoms with Crippen LogP contribution in [0, 0.1) is 0 Å². The Balaban J connectivity index is 2.14. The molecular weight excluding hydrogens is 256 g/mol. The van der Waals surface area contributed by atoms with Crippen LogP contribution in [0.5, 0.6) is 0 Å². The van der Waals surface area contributed by atoms with Crippen LogP contribution in [0.15, 0.2) is 18.2 Å². The predicted octanol–water partition coefficient (Wildman–Crippen LogP) is 2.27. The summed E-state index contributed by atoms with van der Waals surface area (Å²) in [5.74, 6) is -0.969. The molecule has 0 fully saturated rings. The lowest BCUT2D eigenvalue weighted by atomic mass is 10.0. The van der Waals surface area contributed by atoms with Crippen molar-refractivity contribution in [2.45, 2.75) is 26.3 Å². The Hall–Kier alpha value is -2.30. The highest BCUT2D eigenvalue weighted by Crippen LogP contribution is 2.29. The molecule has 0 atom stereocenters. The van der Waals surface area contributed by atoms with Gasteiger partial charge in [-0.1, -0.05) is 6.07 Å². The van der Waals surface area contributed by atoms with E-state index in [4.69, 9.17) is 5.11 Å². The highest BCUT2D eigenvalue weighted by molar-refractivity contribution is 6.03. The molecule has 2 heterocycles. The topological polar surface area (TPSA) is 73.4 Å². The summed E-state index contributed by atoms with van der Waals surface area (Å²) in [7, 11) is 0. The van der Waals surface area contributed by atoms with Gasteiger partial charge in [-0.15, -0.1) is 0 Å². The van der Waals surface area contributed by atoms with Crippen LogP contribution in [-0.2, 0) is 6.42 Å². The van der Waals surface area contributed by atoms with Crippen LogP contribution in [0.1, 0.15) is 40.3 Å². The highest BCUT2D eigenvalue weighted by Gasteiger charge is 2.29. The number of aromatic nitrogens is 1. The Morgan fingerprint density at radius 1 is 1.40 bits per heavy atom. The average Bonchev–Trinajstić information content (AvgIpc) is 2.77. The van der Waals surface area contributed by atoms with E-state index in [1.165, 1.54) is 0 Å². The summed E-state index contributed by atoms with van der Waals surface area (Å²) in [6, 6.07) is 5.12. The number of hydrogen-bond acceptors (Lipinski definition) is 2. The van der Waals surface area contributed by atoms with E-state index in [0.717, 1.165) is 17.4 Å². The Labute approximate surface area is 116 Å². The zero-order valence-corrected chi connectivity index (χ0v) is 11.4. The maximum absolute atomic E-state index is 12.4. The molecule has 0 spiro atoms. The van der Waals surface area contributed by atoms with E-state index in [2.05, 4.69) is 4.98 Å². The molecule has 1 aliphatic heterocycles. The summed E-state index contributed by atoms with van der Waals surface area (Å²) >= 11 is 0. The lowest BCUT2D eigenvalue weighted by Crippen LogP contribution is -2.42. The van der Waals surface area contributed by atoms with Gasteiger partial charge in [0.05, 0.1) is 5.56 Å². The van der Waals surface area contributed by atoms with Crippen molar-refractivity contribution in [3.05, 3.63) is 35.0 Å². The molecule has 2 N–H and O–H groups in total. The second-order valence-electron chi connectivity index (χ2n) is 5.39. The van der Waals surface area contributed by atoms with Gasteiger partial charge in [0.25, 0.3) is 5.91 Å². The van der Waals surface area contributed by atoms with Crippen LogP contribution < -0.4 is 0 Å². The number of aromatic carboxylic acids is 1. The van der Waals surface area contributed by atoms with Crippen molar-refractivity contribution < 1.29 is 14.7 Å². The first kappa shape index (κ1) is 12.7. The van der Waals surface area contributed by atoms with Gasteiger partial charge >= 0.3 is 5.97 Å². The Kier molecular flexibility index (Phi) is 2.78. The zero-order chi connectivity index (χ0) is 14.4. The fraction of sp³-hybridized carbons (Fsp3) is 0.333. The maximum atomic E-state index is 12.4. The molecule has 0 unspecified atom stereocenters. The number of carboxylic acids is 1. The molecule has 0 bridgehead atoms. The third-order valence-electron chi connectivity index (χ3n) is 3.85. The van der Waals surface area contributed by atoms with Gasteiger partial charge in [-0.25, -0.2) is 4.79 Å². The molecule has 5 nitrogen and oxygen atoms in total. The Morgan fingerprint density at radius 2 is 2.15 bits per heavy atom. The fourth-order valence-corrected chi connectivity index (χ4v) is 2.80. The molecule has 1 amide bonds. The van der Waals surface area contributed by atoms with Gasteiger partial charge in [0.1, 0.15) is 5.69 Å². The van der Waals surface area contributed by atoms with Gasteiger partial charge in [0, 0.05) is 23.5 Å². The number of aromatic amines is 1. The van der Waals surface area contributed by atoms with Crippen molar-refractivity contribution in [2.24, 2.45) is 0 Å². The highest BCUT2D eigenvalue weighted by atomic mass is 16.4. The van der Waals surface area contributed by atoms with E-state index >= 15 is 0 Å². The van der Waals surface area contributed by atoms with Crippen molar-refractivity contribution in [3.8, 4) is 0 Å². The molecule has 1 aliphatic rings. The smallest absolute Gasteiger partial charge is 0.335 e. The first-order chi connectivity index (χ1) is 9.49. The van der Waals surface area contributed by atoms with Gasteiger partial charge in [-0.2, -0.15) is 0 Å². The van der Waals surface area contributed by atoms with E-state index in [1.807, 2.05) is 18.7 Å². The van der Waals surface area contributed by atoms with Crippen LogP contribution in [0.25, 0.3) is 10.9 Å². The van der Waals surface area contributed by atoms with Crippen molar-refractivity contribution >= 4 is 22.8 Å². The maximum Gasteiger partial charge on any atom is 0.335 e. The number of hydrogen-bond donors (Lipinski definition) is 2. The first-order valence-electron chi connectivity index (χ1n) is 6.68. The van der Waals surface area contributed by atoms with Crippen molar-refractivity contribution in [1.29, 1.82) is 0 Å². The van der Waals surface area contributed by atoms with E-state index in [9.17, 15) is 9.59 Å². The molecule has 0 saturated carbocycles. The number of nitrogens with zero attached hydrogens (tertiary/aromatic N) is 1. The third-order valence-corrected chi connectivity index (χ3v) is 3.85. The van der Waals surface area contributed by atoms with E-state index in [0.29, 0.717) is 17.8 Å². The predicted molar refractivity (Wildman–Crippen MR) is 75.1 cm³/mol. The largest absolute Gasteiger partial charge is 0.478 e. The Morgan fingerprint density at radius 3 is 2.80 bits per heavy atom. The average molecular weight is 272 g/mol. The van der Waals surface area contributed by atoms with Gasteiger partial charge in [-0.05, 0) is 38.0 Å². The minimum absolute atomic E-state index is 0.00525. The molecule has 2 aromatic rings. The van der Waals surface area contributed by atoms with E-state index in [-0.39, 0.29) is 17.5 Å². The molecule has 20 heavy (non-hydrogen) atoms. The number of amides is 1. The second kappa shape index (κ2) is 4.37. The molecule has 1 aromatic heterocycles. The summed E-state index contributed by atoms with van der Waals surface area (Å²) in [5, 5.41) is 9.97. The van der Waals surface area contributed by atoms with Gasteiger partial charge < -0.3 is 15.0 Å². The summed E-state index contributed by atoms with van der Waals surface area (Å²) < 4.78 is 0. The molecule has 1 aromatic carbocycles. The quantitative estimate of drug-likeness (QED) is 0.880. The van der Waals surface area contributed by atoms with Gasteiger partial charge in [0.15, 0.2) is 0 Å². The minimum atomic E-state index is -0.963. The summed E-state index contributed by atoms with van der Waals surface area (Å²) in [6.45, 7) is 4.69. The molecule has 0 radical (unpaired) electrons. The molecular formula is C15H16N2O3. The lowest BCUT2D eigenvalue weighted by molar-refractivity contribution is 0.0679. The number of H-pyrrole nitrogens is 1. The van der Waals surface area contributed by atoms with Crippen LogP contribution >= 0.6 is 0 Å². The molecule has 0 aliphatic carbocycles. The van der Waals surface area contributed by atoms with Gasteiger partial charge in [-0.3, -0.25) is 4.79 Å².